The largest absolute Gasteiger partial charge is 0.492 e. The van der Waals surface area contributed by atoms with E-state index in [-0.39, 0.29) is 10.6 Å². The van der Waals surface area contributed by atoms with Crippen LogP contribution in [0.3, 0.4) is 0 Å². The number of carbonyl (C=O) groups excluding carboxylic acids is 1. The topological polar surface area (TPSA) is 26.3 Å². The molecule has 0 aliphatic heterocycles. The number of aldehydes is 1. The van der Waals surface area contributed by atoms with Gasteiger partial charge in [0.2, 0.25) is 0 Å². The Morgan fingerprint density at radius 1 is 1.57 bits per heavy atom. The third-order valence-corrected chi connectivity index (χ3v) is 1.98. The Labute approximate surface area is 86.6 Å². The summed E-state index contributed by atoms with van der Waals surface area (Å²) in [6, 6.07) is 2.89. The van der Waals surface area contributed by atoms with Crippen molar-refractivity contribution < 1.29 is 13.9 Å². The van der Waals surface area contributed by atoms with Crippen LogP contribution in [0.5, 0.6) is 5.75 Å². The van der Waals surface area contributed by atoms with Gasteiger partial charge in [0.05, 0.1) is 17.2 Å². The average molecular weight is 217 g/mol. The van der Waals surface area contributed by atoms with Gasteiger partial charge in [0, 0.05) is 0 Å². The molecule has 0 saturated heterocycles. The summed E-state index contributed by atoms with van der Waals surface area (Å²) in [6.45, 7) is 1.55. The zero-order chi connectivity index (χ0) is 10.6. The van der Waals surface area contributed by atoms with E-state index < -0.39 is 6.67 Å². The van der Waals surface area contributed by atoms with E-state index in [4.69, 9.17) is 16.3 Å². The summed E-state index contributed by atoms with van der Waals surface area (Å²) in [5, 5.41) is 0.268. The van der Waals surface area contributed by atoms with Gasteiger partial charge in [0.1, 0.15) is 12.4 Å². The maximum atomic E-state index is 12.3. The molecule has 0 heterocycles. The third-order valence-electron chi connectivity index (χ3n) is 1.70. The molecule has 0 aromatic heterocycles. The van der Waals surface area contributed by atoms with Crippen molar-refractivity contribution in [1.82, 2.24) is 0 Å². The second-order valence-corrected chi connectivity index (χ2v) is 3.09. The number of hydrogen-bond donors (Lipinski definition) is 0. The highest BCUT2D eigenvalue weighted by molar-refractivity contribution is 6.32. The molecular weight excluding hydrogens is 207 g/mol. The minimum Gasteiger partial charge on any atom is -0.492 e. The van der Waals surface area contributed by atoms with Gasteiger partial charge in [-0.25, -0.2) is 4.39 Å². The van der Waals surface area contributed by atoms with Gasteiger partial charge in [-0.05, 0) is 24.6 Å². The van der Waals surface area contributed by atoms with Crippen LogP contribution in [0.2, 0.25) is 5.02 Å². The molecule has 0 N–H and O–H groups in total. The molecule has 2 nitrogen and oxygen atoms in total. The summed E-state index contributed by atoms with van der Waals surface area (Å²) >= 11 is 5.82. The molecule has 0 aliphatic rings. The van der Waals surface area contributed by atoms with Crippen LogP contribution >= 0.6 is 11.6 Å². The summed E-state index contributed by atoms with van der Waals surface area (Å²) in [6.07, 6.45) is 0.607. The molecular formula is C10H10ClFO2. The Morgan fingerprint density at radius 2 is 2.29 bits per heavy atom. The molecule has 0 unspecified atom stereocenters. The van der Waals surface area contributed by atoms with Crippen molar-refractivity contribution in [3.05, 3.63) is 28.3 Å². The first-order valence-corrected chi connectivity index (χ1v) is 4.57. The zero-order valence-corrected chi connectivity index (χ0v) is 8.47. The Morgan fingerprint density at radius 3 is 2.79 bits per heavy atom. The summed E-state index contributed by atoms with van der Waals surface area (Å²) in [5.74, 6) is 0.321. The lowest BCUT2D eigenvalue weighted by molar-refractivity contribution is 0.111. The summed E-state index contributed by atoms with van der Waals surface area (Å²) in [5.41, 5.74) is 0.660. The number of rotatable bonds is 4. The van der Waals surface area contributed by atoms with Gasteiger partial charge in [-0.3, -0.25) is 4.79 Å². The lowest BCUT2D eigenvalue weighted by Gasteiger charge is -2.09. The first-order valence-electron chi connectivity index (χ1n) is 4.19. The van der Waals surface area contributed by atoms with E-state index >= 15 is 0 Å². The van der Waals surface area contributed by atoms with Crippen LogP contribution in [0.25, 0.3) is 0 Å². The SMILES string of the molecule is CCOc1c(Cl)cc(CF)cc1C=O. The molecule has 0 spiro atoms. The van der Waals surface area contributed by atoms with E-state index in [0.29, 0.717) is 24.2 Å². The van der Waals surface area contributed by atoms with Crippen molar-refractivity contribution in [2.45, 2.75) is 13.6 Å². The van der Waals surface area contributed by atoms with Gasteiger partial charge >= 0.3 is 0 Å². The predicted molar refractivity (Wildman–Crippen MR) is 52.8 cm³/mol. The van der Waals surface area contributed by atoms with E-state index in [1.165, 1.54) is 12.1 Å². The molecule has 1 aromatic rings. The first-order chi connectivity index (χ1) is 6.72. The number of carbonyl (C=O) groups is 1. The maximum absolute atomic E-state index is 12.3. The fourth-order valence-corrected chi connectivity index (χ4v) is 1.44. The summed E-state index contributed by atoms with van der Waals surface area (Å²) in [7, 11) is 0. The van der Waals surface area contributed by atoms with Gasteiger partial charge in [-0.1, -0.05) is 11.6 Å². The molecule has 0 aliphatic carbocycles. The van der Waals surface area contributed by atoms with E-state index in [9.17, 15) is 9.18 Å². The van der Waals surface area contributed by atoms with Crippen molar-refractivity contribution in [2.75, 3.05) is 6.61 Å². The van der Waals surface area contributed by atoms with Crippen LogP contribution < -0.4 is 4.74 Å². The second-order valence-electron chi connectivity index (χ2n) is 2.68. The van der Waals surface area contributed by atoms with Crippen LogP contribution in [0.4, 0.5) is 4.39 Å². The number of halogens is 2. The molecule has 4 heteroatoms. The normalized spacial score (nSPS) is 9.93. The highest BCUT2D eigenvalue weighted by Gasteiger charge is 2.09. The van der Waals surface area contributed by atoms with Gasteiger partial charge in [-0.15, -0.1) is 0 Å². The number of benzene rings is 1. The molecule has 0 fully saturated rings. The molecule has 0 radical (unpaired) electrons. The van der Waals surface area contributed by atoms with Crippen LogP contribution in [0.1, 0.15) is 22.8 Å². The highest BCUT2D eigenvalue weighted by Crippen LogP contribution is 2.29. The Kier molecular flexibility index (Phi) is 3.89. The molecule has 0 bridgehead atoms. The van der Waals surface area contributed by atoms with E-state index in [1.54, 1.807) is 6.92 Å². The second kappa shape index (κ2) is 4.96. The Balaban J connectivity index is 3.19. The monoisotopic (exact) mass is 216 g/mol. The summed E-state index contributed by atoms with van der Waals surface area (Å²) in [4.78, 5) is 10.7. The first kappa shape index (κ1) is 11.0. The van der Waals surface area contributed by atoms with Crippen molar-refractivity contribution in [3.8, 4) is 5.75 Å². The van der Waals surface area contributed by atoms with Crippen molar-refractivity contribution in [3.63, 3.8) is 0 Å². The third kappa shape index (κ3) is 2.23. The minimum atomic E-state index is -0.646. The smallest absolute Gasteiger partial charge is 0.153 e. The predicted octanol–water partition coefficient (Wildman–Crippen LogP) is 3.02. The molecule has 1 aromatic carbocycles. The van der Waals surface area contributed by atoms with Crippen molar-refractivity contribution in [2.24, 2.45) is 0 Å². The Bertz CT molecular complexity index is 339. The van der Waals surface area contributed by atoms with Gasteiger partial charge < -0.3 is 4.74 Å². The molecule has 0 amide bonds. The molecule has 1 rings (SSSR count). The van der Waals surface area contributed by atoms with Crippen LogP contribution in [-0.4, -0.2) is 12.9 Å². The van der Waals surface area contributed by atoms with Crippen molar-refractivity contribution in [1.29, 1.82) is 0 Å². The molecule has 0 atom stereocenters. The van der Waals surface area contributed by atoms with Crippen LogP contribution in [0.15, 0.2) is 12.1 Å². The molecule has 0 saturated carbocycles. The average Bonchev–Trinajstić information content (AvgIpc) is 2.20. The lowest BCUT2D eigenvalue weighted by Crippen LogP contribution is -1.98. The van der Waals surface area contributed by atoms with E-state index in [1.807, 2.05) is 0 Å². The van der Waals surface area contributed by atoms with Gasteiger partial charge in [0.25, 0.3) is 0 Å². The molecule has 14 heavy (non-hydrogen) atoms. The fraction of sp³-hybridized carbons (Fsp3) is 0.300. The number of hydrogen-bond acceptors (Lipinski definition) is 2. The molecule has 76 valence electrons. The Hall–Kier alpha value is -1.09. The minimum absolute atomic E-state index is 0.268. The number of alkyl halides is 1. The van der Waals surface area contributed by atoms with Gasteiger partial charge in [0.15, 0.2) is 6.29 Å². The highest BCUT2D eigenvalue weighted by atomic mass is 35.5. The lowest BCUT2D eigenvalue weighted by atomic mass is 10.1. The van der Waals surface area contributed by atoms with Crippen LogP contribution in [0, 0.1) is 0 Å². The van der Waals surface area contributed by atoms with E-state index in [0.717, 1.165) is 0 Å². The fourth-order valence-electron chi connectivity index (χ4n) is 1.13. The van der Waals surface area contributed by atoms with Crippen LogP contribution in [-0.2, 0) is 6.67 Å². The van der Waals surface area contributed by atoms with Crippen molar-refractivity contribution >= 4 is 17.9 Å². The standard InChI is InChI=1S/C10H10ClFO2/c1-2-14-10-8(6-13)3-7(5-12)4-9(10)11/h3-4,6H,2,5H2,1H3. The van der Waals surface area contributed by atoms with Gasteiger partial charge in [-0.2, -0.15) is 0 Å². The quantitative estimate of drug-likeness (QED) is 0.724. The number of ether oxygens (including phenoxy) is 1. The zero-order valence-electron chi connectivity index (χ0n) is 7.72. The maximum Gasteiger partial charge on any atom is 0.153 e. The summed E-state index contributed by atoms with van der Waals surface area (Å²) < 4.78 is 17.5. The van der Waals surface area contributed by atoms with E-state index in [2.05, 4.69) is 0 Å².